The molecule has 98 valence electrons. The van der Waals surface area contributed by atoms with Crippen molar-refractivity contribution < 1.29 is 9.59 Å². The molecule has 0 aliphatic heterocycles. The fourth-order valence-electron chi connectivity index (χ4n) is 2.39. The Hall–Kier alpha value is -1.10. The van der Waals surface area contributed by atoms with Gasteiger partial charge in [-0.1, -0.05) is 19.3 Å². The van der Waals surface area contributed by atoms with Crippen LogP contribution in [0.2, 0.25) is 0 Å². The molecule has 0 aromatic carbocycles. The fourth-order valence-corrected chi connectivity index (χ4v) is 2.39. The highest BCUT2D eigenvalue weighted by Crippen LogP contribution is 2.26. The predicted octanol–water partition coefficient (Wildman–Crippen LogP) is 0.274. The van der Waals surface area contributed by atoms with Gasteiger partial charge in [-0.2, -0.15) is 0 Å². The van der Waals surface area contributed by atoms with Crippen molar-refractivity contribution in [2.75, 3.05) is 0 Å². The van der Waals surface area contributed by atoms with Crippen molar-refractivity contribution >= 4 is 11.8 Å². The highest BCUT2D eigenvalue weighted by Gasteiger charge is 2.24. The second-order valence-electron chi connectivity index (χ2n) is 4.97. The number of carbonyl (C=O) groups excluding carboxylic acids is 2. The minimum absolute atomic E-state index is 0.0940. The molecule has 1 aliphatic rings. The lowest BCUT2D eigenvalue weighted by atomic mass is 9.84. The molecular formula is C12H23N3O2. The van der Waals surface area contributed by atoms with Crippen LogP contribution in [-0.2, 0) is 9.59 Å². The SMILES string of the molecule is C[C@@H](NC(=O)C(N)CC(N)=O)C1CCCCC1. The third kappa shape index (κ3) is 4.73. The number of primary amides is 1. The Kier molecular flexibility index (Phi) is 5.41. The van der Waals surface area contributed by atoms with Gasteiger partial charge in [-0.05, 0) is 25.7 Å². The normalized spacial score (nSPS) is 20.6. The molecule has 17 heavy (non-hydrogen) atoms. The van der Waals surface area contributed by atoms with E-state index in [1.807, 2.05) is 6.92 Å². The Bertz CT molecular complexity index is 275. The summed E-state index contributed by atoms with van der Waals surface area (Å²) in [6.07, 6.45) is 5.98. The van der Waals surface area contributed by atoms with Crippen molar-refractivity contribution in [3.05, 3.63) is 0 Å². The third-order valence-electron chi connectivity index (χ3n) is 3.48. The van der Waals surface area contributed by atoms with E-state index in [0.29, 0.717) is 5.92 Å². The van der Waals surface area contributed by atoms with Crippen LogP contribution in [0.4, 0.5) is 0 Å². The molecule has 0 spiro atoms. The summed E-state index contributed by atoms with van der Waals surface area (Å²) >= 11 is 0. The molecule has 0 heterocycles. The summed E-state index contributed by atoms with van der Waals surface area (Å²) in [5.74, 6) is -0.284. The lowest BCUT2D eigenvalue weighted by Gasteiger charge is -2.29. The number of nitrogens with one attached hydrogen (secondary N) is 1. The van der Waals surface area contributed by atoms with Gasteiger partial charge >= 0.3 is 0 Å². The van der Waals surface area contributed by atoms with E-state index in [9.17, 15) is 9.59 Å². The van der Waals surface area contributed by atoms with Crippen LogP contribution >= 0.6 is 0 Å². The molecule has 5 N–H and O–H groups in total. The molecule has 1 saturated carbocycles. The van der Waals surface area contributed by atoms with Crippen LogP contribution in [0.25, 0.3) is 0 Å². The molecule has 0 aromatic rings. The molecule has 1 fully saturated rings. The largest absolute Gasteiger partial charge is 0.370 e. The van der Waals surface area contributed by atoms with Crippen LogP contribution in [-0.4, -0.2) is 23.9 Å². The highest BCUT2D eigenvalue weighted by molar-refractivity contribution is 5.87. The number of hydrogen-bond acceptors (Lipinski definition) is 3. The van der Waals surface area contributed by atoms with E-state index >= 15 is 0 Å². The Balaban J connectivity index is 2.36. The molecule has 1 unspecified atom stereocenters. The van der Waals surface area contributed by atoms with Gasteiger partial charge in [0.1, 0.15) is 0 Å². The van der Waals surface area contributed by atoms with E-state index in [2.05, 4.69) is 5.32 Å². The van der Waals surface area contributed by atoms with Crippen molar-refractivity contribution in [1.82, 2.24) is 5.32 Å². The summed E-state index contributed by atoms with van der Waals surface area (Å²) in [6, 6.07) is -0.694. The summed E-state index contributed by atoms with van der Waals surface area (Å²) in [5.41, 5.74) is 10.6. The Labute approximate surface area is 102 Å². The first-order valence-electron chi connectivity index (χ1n) is 6.35. The number of rotatable bonds is 5. The van der Waals surface area contributed by atoms with E-state index < -0.39 is 11.9 Å². The van der Waals surface area contributed by atoms with E-state index in [1.54, 1.807) is 0 Å². The lowest BCUT2D eigenvalue weighted by molar-refractivity contribution is -0.127. The minimum atomic E-state index is -0.821. The smallest absolute Gasteiger partial charge is 0.237 e. The van der Waals surface area contributed by atoms with Crippen LogP contribution in [0.1, 0.15) is 45.4 Å². The topological polar surface area (TPSA) is 98.2 Å². The second kappa shape index (κ2) is 6.59. The van der Waals surface area contributed by atoms with E-state index in [4.69, 9.17) is 11.5 Å². The van der Waals surface area contributed by atoms with Crippen LogP contribution in [0.5, 0.6) is 0 Å². The van der Waals surface area contributed by atoms with Crippen LogP contribution in [0.15, 0.2) is 0 Å². The van der Waals surface area contributed by atoms with Gasteiger partial charge in [0.2, 0.25) is 11.8 Å². The summed E-state index contributed by atoms with van der Waals surface area (Å²) < 4.78 is 0. The third-order valence-corrected chi connectivity index (χ3v) is 3.48. The van der Waals surface area contributed by atoms with Gasteiger partial charge < -0.3 is 16.8 Å². The second-order valence-corrected chi connectivity index (χ2v) is 4.97. The highest BCUT2D eigenvalue weighted by atomic mass is 16.2. The first-order valence-corrected chi connectivity index (χ1v) is 6.35. The molecule has 0 bridgehead atoms. The number of nitrogens with two attached hydrogens (primary N) is 2. The Morgan fingerprint density at radius 2 is 1.88 bits per heavy atom. The molecule has 2 amide bonds. The summed E-state index contributed by atoms with van der Waals surface area (Å²) in [5, 5.41) is 2.88. The average molecular weight is 241 g/mol. The van der Waals surface area contributed by atoms with Crippen molar-refractivity contribution in [3.8, 4) is 0 Å². The molecule has 0 radical (unpaired) electrons. The van der Waals surface area contributed by atoms with Crippen LogP contribution in [0.3, 0.4) is 0 Å². The van der Waals surface area contributed by atoms with E-state index in [0.717, 1.165) is 12.8 Å². The molecule has 5 nitrogen and oxygen atoms in total. The average Bonchev–Trinajstić information content (AvgIpc) is 2.29. The minimum Gasteiger partial charge on any atom is -0.370 e. The number of amides is 2. The maximum atomic E-state index is 11.7. The zero-order chi connectivity index (χ0) is 12.8. The quantitative estimate of drug-likeness (QED) is 0.644. The Morgan fingerprint density at radius 3 is 2.41 bits per heavy atom. The summed E-state index contributed by atoms with van der Waals surface area (Å²) in [7, 11) is 0. The Morgan fingerprint density at radius 1 is 1.29 bits per heavy atom. The van der Waals surface area contributed by atoms with Crippen LogP contribution in [0, 0.1) is 5.92 Å². The van der Waals surface area contributed by atoms with Gasteiger partial charge in [0.15, 0.2) is 0 Å². The van der Waals surface area contributed by atoms with Crippen LogP contribution < -0.4 is 16.8 Å². The zero-order valence-corrected chi connectivity index (χ0v) is 10.4. The van der Waals surface area contributed by atoms with Crippen molar-refractivity contribution in [2.45, 2.75) is 57.5 Å². The van der Waals surface area contributed by atoms with Gasteiger partial charge in [-0.3, -0.25) is 9.59 Å². The first-order chi connectivity index (χ1) is 8.00. The maximum absolute atomic E-state index is 11.7. The standard InChI is InChI=1S/C12H23N3O2/c1-8(9-5-3-2-4-6-9)15-12(17)10(13)7-11(14)16/h8-10H,2-7,13H2,1H3,(H2,14,16)(H,15,17)/t8-,10?/m1/s1. The molecule has 2 atom stereocenters. The molecule has 5 heteroatoms. The predicted molar refractivity (Wildman–Crippen MR) is 66.0 cm³/mol. The van der Waals surface area contributed by atoms with Gasteiger partial charge in [-0.15, -0.1) is 0 Å². The zero-order valence-electron chi connectivity index (χ0n) is 10.4. The van der Waals surface area contributed by atoms with Crippen molar-refractivity contribution in [2.24, 2.45) is 17.4 Å². The first kappa shape index (κ1) is 14.0. The molecule has 0 aromatic heterocycles. The molecule has 1 aliphatic carbocycles. The summed E-state index contributed by atoms with van der Waals surface area (Å²) in [6.45, 7) is 2.00. The monoisotopic (exact) mass is 241 g/mol. The van der Waals surface area contributed by atoms with E-state index in [-0.39, 0.29) is 18.4 Å². The van der Waals surface area contributed by atoms with E-state index in [1.165, 1.54) is 19.3 Å². The van der Waals surface area contributed by atoms with Gasteiger partial charge in [0.05, 0.1) is 12.5 Å². The number of carbonyl (C=O) groups is 2. The van der Waals surface area contributed by atoms with Crippen molar-refractivity contribution in [3.63, 3.8) is 0 Å². The number of hydrogen-bond donors (Lipinski definition) is 3. The molecule has 0 saturated heterocycles. The lowest BCUT2D eigenvalue weighted by Crippen LogP contribution is -2.48. The van der Waals surface area contributed by atoms with Crippen molar-refractivity contribution in [1.29, 1.82) is 0 Å². The van der Waals surface area contributed by atoms with Gasteiger partial charge in [0.25, 0.3) is 0 Å². The fraction of sp³-hybridized carbons (Fsp3) is 0.833. The van der Waals surface area contributed by atoms with Gasteiger partial charge in [-0.25, -0.2) is 0 Å². The molecular weight excluding hydrogens is 218 g/mol. The van der Waals surface area contributed by atoms with Gasteiger partial charge in [0, 0.05) is 6.04 Å². The molecule has 1 rings (SSSR count). The summed E-state index contributed by atoms with van der Waals surface area (Å²) in [4.78, 5) is 22.4. The maximum Gasteiger partial charge on any atom is 0.237 e.